The molecule has 2 aliphatic carbocycles. The Morgan fingerprint density at radius 3 is 2.74 bits per heavy atom. The van der Waals surface area contributed by atoms with Crippen LogP contribution in [0, 0.1) is 0 Å². The number of nitrogens with one attached hydrogen (secondary N) is 1. The van der Waals surface area contributed by atoms with Crippen LogP contribution in [-0.4, -0.2) is 13.0 Å². The van der Waals surface area contributed by atoms with Crippen molar-refractivity contribution < 1.29 is 9.53 Å². The Morgan fingerprint density at radius 2 is 1.96 bits per heavy atom. The molecule has 0 heterocycles. The summed E-state index contributed by atoms with van der Waals surface area (Å²) < 4.78 is 5.40. The van der Waals surface area contributed by atoms with Gasteiger partial charge in [-0.15, -0.1) is 0 Å². The highest BCUT2D eigenvalue weighted by atomic mass is 16.5. The van der Waals surface area contributed by atoms with E-state index in [9.17, 15) is 4.79 Å². The SMILES string of the molecule is COc1cccc(C2(C(=O)NC3CCCc4cc(N)ccc43)CCCC2)c1. The zero-order valence-corrected chi connectivity index (χ0v) is 16.0. The van der Waals surface area contributed by atoms with Gasteiger partial charge >= 0.3 is 0 Å². The molecule has 2 aromatic rings. The molecular formula is C23H28N2O2. The number of fused-ring (bicyclic) bond motifs is 1. The molecule has 0 saturated heterocycles. The predicted octanol–water partition coefficient (Wildman–Crippen LogP) is 4.28. The average Bonchev–Trinajstić information content (AvgIpc) is 3.19. The molecule has 2 aromatic carbocycles. The number of amides is 1. The monoisotopic (exact) mass is 364 g/mol. The molecule has 0 spiro atoms. The van der Waals surface area contributed by atoms with E-state index in [0.29, 0.717) is 0 Å². The summed E-state index contributed by atoms with van der Waals surface area (Å²) in [7, 11) is 1.67. The van der Waals surface area contributed by atoms with Gasteiger partial charge in [-0.3, -0.25) is 4.79 Å². The van der Waals surface area contributed by atoms with Crippen LogP contribution < -0.4 is 15.8 Å². The van der Waals surface area contributed by atoms with E-state index in [1.807, 2.05) is 24.3 Å². The molecule has 4 nitrogen and oxygen atoms in total. The molecule has 1 atom stereocenters. The third-order valence-corrected chi connectivity index (χ3v) is 6.30. The Morgan fingerprint density at radius 1 is 1.15 bits per heavy atom. The van der Waals surface area contributed by atoms with Crippen molar-refractivity contribution in [3.05, 3.63) is 59.2 Å². The zero-order chi connectivity index (χ0) is 18.9. The normalized spacial score (nSPS) is 20.7. The molecule has 27 heavy (non-hydrogen) atoms. The number of carbonyl (C=O) groups is 1. The maximum Gasteiger partial charge on any atom is 0.231 e. The molecule has 0 aliphatic heterocycles. The van der Waals surface area contributed by atoms with Crippen LogP contribution >= 0.6 is 0 Å². The molecule has 4 rings (SSSR count). The first-order valence-corrected chi connectivity index (χ1v) is 9.96. The molecule has 0 aromatic heterocycles. The molecular weight excluding hydrogens is 336 g/mol. The summed E-state index contributed by atoms with van der Waals surface area (Å²) in [6, 6.07) is 14.2. The highest BCUT2D eigenvalue weighted by Gasteiger charge is 2.43. The molecule has 1 amide bonds. The molecule has 0 radical (unpaired) electrons. The van der Waals surface area contributed by atoms with Crippen LogP contribution in [0.3, 0.4) is 0 Å². The molecule has 2 aliphatic rings. The van der Waals surface area contributed by atoms with Crippen molar-refractivity contribution in [1.29, 1.82) is 0 Å². The second-order valence-corrected chi connectivity index (χ2v) is 7.90. The second kappa shape index (κ2) is 7.26. The molecule has 1 unspecified atom stereocenters. The van der Waals surface area contributed by atoms with Crippen LogP contribution in [0.5, 0.6) is 5.75 Å². The second-order valence-electron chi connectivity index (χ2n) is 7.90. The maximum atomic E-state index is 13.5. The van der Waals surface area contributed by atoms with Gasteiger partial charge in [0, 0.05) is 5.69 Å². The summed E-state index contributed by atoms with van der Waals surface area (Å²) in [6.45, 7) is 0. The number of rotatable bonds is 4. The van der Waals surface area contributed by atoms with E-state index in [2.05, 4.69) is 23.5 Å². The first kappa shape index (κ1) is 17.9. The van der Waals surface area contributed by atoms with Gasteiger partial charge < -0.3 is 15.8 Å². The van der Waals surface area contributed by atoms with Crippen molar-refractivity contribution in [3.63, 3.8) is 0 Å². The molecule has 1 saturated carbocycles. The van der Waals surface area contributed by atoms with Crippen LogP contribution in [-0.2, 0) is 16.6 Å². The van der Waals surface area contributed by atoms with Crippen molar-refractivity contribution >= 4 is 11.6 Å². The minimum absolute atomic E-state index is 0.0740. The number of aryl methyl sites for hydroxylation is 1. The van der Waals surface area contributed by atoms with Gasteiger partial charge in [0.2, 0.25) is 5.91 Å². The third kappa shape index (κ3) is 3.29. The summed E-state index contributed by atoms with van der Waals surface area (Å²) in [6.07, 6.45) is 7.06. The van der Waals surface area contributed by atoms with Crippen molar-refractivity contribution in [2.45, 2.75) is 56.4 Å². The lowest BCUT2D eigenvalue weighted by molar-refractivity contribution is -0.127. The van der Waals surface area contributed by atoms with Crippen LogP contribution in [0.25, 0.3) is 0 Å². The fourth-order valence-electron chi connectivity index (χ4n) is 4.83. The molecule has 4 heteroatoms. The quantitative estimate of drug-likeness (QED) is 0.796. The fourth-order valence-corrected chi connectivity index (χ4v) is 4.83. The minimum atomic E-state index is -0.444. The molecule has 1 fully saturated rings. The first-order valence-electron chi connectivity index (χ1n) is 9.96. The Hall–Kier alpha value is -2.49. The van der Waals surface area contributed by atoms with E-state index in [1.165, 1.54) is 11.1 Å². The van der Waals surface area contributed by atoms with E-state index < -0.39 is 5.41 Å². The van der Waals surface area contributed by atoms with Crippen LogP contribution in [0.4, 0.5) is 5.69 Å². The number of anilines is 1. The topological polar surface area (TPSA) is 64.3 Å². The Bertz CT molecular complexity index is 840. The highest BCUT2D eigenvalue weighted by Crippen LogP contribution is 2.43. The van der Waals surface area contributed by atoms with Gasteiger partial charge in [-0.1, -0.05) is 31.0 Å². The minimum Gasteiger partial charge on any atom is -0.497 e. The number of nitrogens with two attached hydrogens (primary N) is 1. The van der Waals surface area contributed by atoms with Gasteiger partial charge in [-0.25, -0.2) is 0 Å². The van der Waals surface area contributed by atoms with Crippen molar-refractivity contribution in [1.82, 2.24) is 5.32 Å². The summed E-state index contributed by atoms with van der Waals surface area (Å²) in [4.78, 5) is 13.5. The summed E-state index contributed by atoms with van der Waals surface area (Å²) in [5.41, 5.74) is 9.88. The van der Waals surface area contributed by atoms with Gasteiger partial charge in [0.1, 0.15) is 5.75 Å². The van der Waals surface area contributed by atoms with Gasteiger partial charge in [0.05, 0.1) is 18.6 Å². The first-order chi connectivity index (χ1) is 13.1. The largest absolute Gasteiger partial charge is 0.497 e. The number of ether oxygens (including phenoxy) is 1. The fraction of sp³-hybridized carbons (Fsp3) is 0.435. The number of benzene rings is 2. The van der Waals surface area contributed by atoms with E-state index in [1.54, 1.807) is 7.11 Å². The summed E-state index contributed by atoms with van der Waals surface area (Å²) in [5, 5.41) is 3.39. The molecule has 0 bridgehead atoms. The maximum absolute atomic E-state index is 13.5. The number of methoxy groups -OCH3 is 1. The summed E-state index contributed by atoms with van der Waals surface area (Å²) in [5.74, 6) is 0.966. The molecule has 3 N–H and O–H groups in total. The van der Waals surface area contributed by atoms with Gasteiger partial charge in [-0.05, 0) is 73.1 Å². The van der Waals surface area contributed by atoms with Crippen molar-refractivity contribution in [3.8, 4) is 5.75 Å². The van der Waals surface area contributed by atoms with Crippen molar-refractivity contribution in [2.24, 2.45) is 0 Å². The highest BCUT2D eigenvalue weighted by molar-refractivity contribution is 5.89. The number of hydrogen-bond acceptors (Lipinski definition) is 3. The average molecular weight is 364 g/mol. The number of nitrogen functional groups attached to an aromatic ring is 1. The zero-order valence-electron chi connectivity index (χ0n) is 16.0. The lowest BCUT2D eigenvalue weighted by Crippen LogP contribution is -2.44. The predicted molar refractivity (Wildman–Crippen MR) is 108 cm³/mol. The van der Waals surface area contributed by atoms with Crippen molar-refractivity contribution in [2.75, 3.05) is 12.8 Å². The standard InChI is InChI=1S/C23H28N2O2/c1-27-19-8-5-7-17(15-19)23(12-2-3-13-23)22(26)25-21-9-4-6-16-14-18(24)10-11-20(16)21/h5,7-8,10-11,14-15,21H,2-4,6,9,12-13,24H2,1H3,(H,25,26). The summed E-state index contributed by atoms with van der Waals surface area (Å²) >= 11 is 0. The number of carbonyl (C=O) groups excluding carboxylic acids is 1. The van der Waals surface area contributed by atoms with E-state index in [-0.39, 0.29) is 11.9 Å². The Labute approximate surface area is 161 Å². The Kier molecular flexibility index (Phi) is 4.81. The Balaban J connectivity index is 1.63. The smallest absolute Gasteiger partial charge is 0.231 e. The van der Waals surface area contributed by atoms with E-state index in [0.717, 1.165) is 61.9 Å². The lowest BCUT2D eigenvalue weighted by atomic mass is 9.77. The molecule has 142 valence electrons. The lowest BCUT2D eigenvalue weighted by Gasteiger charge is -2.33. The van der Waals surface area contributed by atoms with Gasteiger partial charge in [-0.2, -0.15) is 0 Å². The number of hydrogen-bond donors (Lipinski definition) is 2. The van der Waals surface area contributed by atoms with Gasteiger partial charge in [0.25, 0.3) is 0 Å². The van der Waals surface area contributed by atoms with Crippen LogP contribution in [0.15, 0.2) is 42.5 Å². The van der Waals surface area contributed by atoms with Gasteiger partial charge in [0.15, 0.2) is 0 Å². The van der Waals surface area contributed by atoms with E-state index >= 15 is 0 Å². The third-order valence-electron chi connectivity index (χ3n) is 6.30. The van der Waals surface area contributed by atoms with Crippen LogP contribution in [0.2, 0.25) is 0 Å². The van der Waals surface area contributed by atoms with E-state index in [4.69, 9.17) is 10.5 Å². The van der Waals surface area contributed by atoms with Crippen LogP contribution in [0.1, 0.15) is 61.3 Å².